The second kappa shape index (κ2) is 2.46. The summed E-state index contributed by atoms with van der Waals surface area (Å²) in [6, 6.07) is 0. The molecule has 1 heterocycles. The molecule has 1 N–H and O–H groups in total. The van der Waals surface area contributed by atoms with Gasteiger partial charge in [-0.15, -0.1) is 0 Å². The highest BCUT2D eigenvalue weighted by atomic mass is 16.3. The molecule has 0 bridgehead atoms. The molecule has 2 atom stereocenters. The maximum atomic E-state index is 10.7. The van der Waals surface area contributed by atoms with Gasteiger partial charge in [0.1, 0.15) is 0 Å². The Morgan fingerprint density at radius 3 is 2.75 bits per heavy atom. The van der Waals surface area contributed by atoms with Gasteiger partial charge in [-0.3, -0.25) is 0 Å². The van der Waals surface area contributed by atoms with Crippen molar-refractivity contribution in [2.24, 2.45) is 5.92 Å². The van der Waals surface area contributed by atoms with E-state index in [1.165, 1.54) is 0 Å². The van der Waals surface area contributed by atoms with E-state index in [4.69, 9.17) is 0 Å². The summed E-state index contributed by atoms with van der Waals surface area (Å²) in [6.45, 7) is 3.72. The molecule has 1 fully saturated rings. The van der Waals surface area contributed by atoms with Crippen LogP contribution in [0.5, 0.6) is 0 Å². The molecule has 0 amide bonds. The molecule has 1 aliphatic rings. The minimum absolute atomic E-state index is 0.370. The van der Waals surface area contributed by atoms with E-state index in [2.05, 4.69) is 5.32 Å². The van der Waals surface area contributed by atoms with Crippen molar-refractivity contribution in [2.45, 2.75) is 19.4 Å². The quantitative estimate of drug-likeness (QED) is 0.526. The second-order valence-electron chi connectivity index (χ2n) is 2.46. The monoisotopic (exact) mass is 114 g/mol. The number of hydrogen-bond donors (Lipinski definition) is 1. The first-order valence-corrected chi connectivity index (χ1v) is 3.17. The number of hydrogen-bond acceptors (Lipinski definition) is 1. The summed E-state index contributed by atoms with van der Waals surface area (Å²) in [7, 11) is 0. The van der Waals surface area contributed by atoms with Crippen LogP contribution >= 0.6 is 0 Å². The molecular formula is C6H12NO. The molecule has 0 spiro atoms. The van der Waals surface area contributed by atoms with Crippen molar-refractivity contribution in [1.82, 2.24) is 5.32 Å². The average Bonchev–Trinajstić information content (AvgIpc) is 2.12. The molecular weight excluding hydrogens is 102 g/mol. The standard InChI is InChI=1S/C6H12NO/c1-5(8)6-2-3-7-4-6/h5-7H,2-4H2,1H3. The van der Waals surface area contributed by atoms with Gasteiger partial charge in [0.15, 0.2) is 0 Å². The summed E-state index contributed by atoms with van der Waals surface area (Å²) < 4.78 is 0. The molecule has 0 aromatic heterocycles. The Labute approximate surface area is 49.9 Å². The van der Waals surface area contributed by atoms with E-state index in [1.807, 2.05) is 0 Å². The van der Waals surface area contributed by atoms with Crippen LogP contribution in [0.15, 0.2) is 0 Å². The predicted octanol–water partition coefficient (Wildman–Crippen LogP) is 0.415. The maximum absolute atomic E-state index is 10.7. The fourth-order valence-electron chi connectivity index (χ4n) is 1.08. The van der Waals surface area contributed by atoms with Crippen LogP contribution in [-0.4, -0.2) is 19.2 Å². The Kier molecular flexibility index (Phi) is 1.86. The summed E-state index contributed by atoms with van der Waals surface area (Å²) in [5.41, 5.74) is 0. The SMILES string of the molecule is CC([O])C1CCNC1. The Morgan fingerprint density at radius 2 is 2.50 bits per heavy atom. The van der Waals surface area contributed by atoms with E-state index in [0.29, 0.717) is 5.92 Å². The second-order valence-corrected chi connectivity index (χ2v) is 2.46. The first-order valence-electron chi connectivity index (χ1n) is 3.17. The van der Waals surface area contributed by atoms with Crippen molar-refractivity contribution >= 4 is 0 Å². The van der Waals surface area contributed by atoms with Gasteiger partial charge < -0.3 is 5.32 Å². The van der Waals surface area contributed by atoms with Gasteiger partial charge in [0.05, 0.1) is 6.10 Å². The van der Waals surface area contributed by atoms with Crippen LogP contribution in [0.25, 0.3) is 0 Å². The third kappa shape index (κ3) is 1.20. The number of nitrogens with one attached hydrogen (secondary N) is 1. The van der Waals surface area contributed by atoms with Crippen molar-refractivity contribution in [3.05, 3.63) is 0 Å². The van der Waals surface area contributed by atoms with Gasteiger partial charge in [0, 0.05) is 12.5 Å². The summed E-state index contributed by atoms with van der Waals surface area (Å²) in [4.78, 5) is 0. The molecule has 0 aliphatic carbocycles. The normalized spacial score (nSPS) is 33.0. The topological polar surface area (TPSA) is 31.9 Å². The summed E-state index contributed by atoms with van der Waals surface area (Å²) in [5, 5.41) is 13.8. The van der Waals surface area contributed by atoms with Gasteiger partial charge >= 0.3 is 0 Å². The molecule has 2 nitrogen and oxygen atoms in total. The van der Waals surface area contributed by atoms with E-state index in [0.717, 1.165) is 19.5 Å². The molecule has 1 aliphatic heterocycles. The third-order valence-electron chi connectivity index (χ3n) is 1.76. The van der Waals surface area contributed by atoms with Crippen molar-refractivity contribution in [2.75, 3.05) is 13.1 Å². The lowest BCUT2D eigenvalue weighted by Crippen LogP contribution is -2.17. The highest BCUT2D eigenvalue weighted by Crippen LogP contribution is 2.11. The molecule has 1 saturated heterocycles. The first-order chi connectivity index (χ1) is 3.80. The van der Waals surface area contributed by atoms with Gasteiger partial charge in [-0.1, -0.05) is 0 Å². The minimum Gasteiger partial charge on any atom is -0.316 e. The molecule has 8 heavy (non-hydrogen) atoms. The molecule has 47 valence electrons. The fourth-order valence-corrected chi connectivity index (χ4v) is 1.08. The fraction of sp³-hybridized carbons (Fsp3) is 1.00. The van der Waals surface area contributed by atoms with Crippen LogP contribution in [0.2, 0.25) is 0 Å². The lowest BCUT2D eigenvalue weighted by molar-refractivity contribution is 0.0596. The first kappa shape index (κ1) is 6.05. The minimum atomic E-state index is -0.370. The Balaban J connectivity index is 2.24. The molecule has 2 heteroatoms. The van der Waals surface area contributed by atoms with E-state index < -0.39 is 0 Å². The molecule has 1 radical (unpaired) electrons. The maximum Gasteiger partial charge on any atom is 0.0942 e. The Hall–Kier alpha value is -0.0800. The van der Waals surface area contributed by atoms with Crippen molar-refractivity contribution in [3.8, 4) is 0 Å². The van der Waals surface area contributed by atoms with Crippen LogP contribution in [0.4, 0.5) is 0 Å². The van der Waals surface area contributed by atoms with Gasteiger partial charge in [-0.2, -0.15) is 0 Å². The van der Waals surface area contributed by atoms with Gasteiger partial charge in [-0.25, -0.2) is 5.11 Å². The molecule has 0 aromatic rings. The summed E-state index contributed by atoms with van der Waals surface area (Å²) in [5.74, 6) is 0.398. The summed E-state index contributed by atoms with van der Waals surface area (Å²) >= 11 is 0. The smallest absolute Gasteiger partial charge is 0.0942 e. The summed E-state index contributed by atoms with van der Waals surface area (Å²) in [6.07, 6.45) is 0.704. The molecule has 2 unspecified atom stereocenters. The molecule has 0 saturated carbocycles. The van der Waals surface area contributed by atoms with Gasteiger partial charge in [0.2, 0.25) is 0 Å². The largest absolute Gasteiger partial charge is 0.316 e. The zero-order valence-electron chi connectivity index (χ0n) is 5.18. The predicted molar refractivity (Wildman–Crippen MR) is 31.1 cm³/mol. The highest BCUT2D eigenvalue weighted by Gasteiger charge is 2.19. The van der Waals surface area contributed by atoms with Crippen molar-refractivity contribution in [3.63, 3.8) is 0 Å². The highest BCUT2D eigenvalue weighted by molar-refractivity contribution is 4.74. The average molecular weight is 114 g/mol. The lowest BCUT2D eigenvalue weighted by atomic mass is 10.0. The molecule has 0 aromatic carbocycles. The van der Waals surface area contributed by atoms with E-state index >= 15 is 0 Å². The van der Waals surface area contributed by atoms with Crippen LogP contribution in [-0.2, 0) is 5.11 Å². The zero-order chi connectivity index (χ0) is 5.98. The van der Waals surface area contributed by atoms with Crippen molar-refractivity contribution < 1.29 is 5.11 Å². The van der Waals surface area contributed by atoms with Crippen LogP contribution in [0.1, 0.15) is 13.3 Å². The Morgan fingerprint density at radius 1 is 1.75 bits per heavy atom. The third-order valence-corrected chi connectivity index (χ3v) is 1.76. The van der Waals surface area contributed by atoms with E-state index in [1.54, 1.807) is 6.92 Å². The van der Waals surface area contributed by atoms with Crippen molar-refractivity contribution in [1.29, 1.82) is 0 Å². The van der Waals surface area contributed by atoms with Crippen LogP contribution in [0.3, 0.4) is 0 Å². The number of rotatable bonds is 1. The van der Waals surface area contributed by atoms with Gasteiger partial charge in [0.25, 0.3) is 0 Å². The van der Waals surface area contributed by atoms with E-state index in [-0.39, 0.29) is 6.10 Å². The molecule has 1 rings (SSSR count). The Bertz CT molecular complexity index is 66.9. The van der Waals surface area contributed by atoms with Crippen LogP contribution in [0, 0.1) is 5.92 Å². The van der Waals surface area contributed by atoms with Crippen LogP contribution < -0.4 is 5.32 Å². The van der Waals surface area contributed by atoms with Gasteiger partial charge in [-0.05, 0) is 19.9 Å². The zero-order valence-corrected chi connectivity index (χ0v) is 5.18. The lowest BCUT2D eigenvalue weighted by Gasteiger charge is -2.06. The van der Waals surface area contributed by atoms with E-state index in [9.17, 15) is 5.11 Å².